The summed E-state index contributed by atoms with van der Waals surface area (Å²) in [6, 6.07) is 0. The van der Waals surface area contributed by atoms with E-state index in [4.69, 9.17) is 0 Å². The van der Waals surface area contributed by atoms with Crippen LogP contribution in [0.1, 0.15) is 90.4 Å². The van der Waals surface area contributed by atoms with Crippen LogP contribution in [0.25, 0.3) is 0 Å². The maximum atomic E-state index is 9.33. The molecule has 3 nitrogen and oxygen atoms in total. The van der Waals surface area contributed by atoms with Crippen LogP contribution in [-0.4, -0.2) is 13.0 Å². The summed E-state index contributed by atoms with van der Waals surface area (Å²) < 4.78 is 28.0. The monoisotopic (exact) mass is 354 g/mol. The molecule has 0 unspecified atom stereocenters. The number of unbranched alkanes of at least 4 members (excludes halogenated alkanes) is 12. The maximum Gasteiger partial charge on any atom is 1.00 e. The molecule has 0 aliphatic heterocycles. The molecule has 0 spiro atoms. The topological polar surface area (TPSA) is 57.2 Å². The largest absolute Gasteiger partial charge is 1.00 e. The third-order valence-electron chi connectivity index (χ3n) is 3.47. The molecule has 132 valence electrons. The Morgan fingerprint density at radius 1 is 0.783 bits per heavy atom. The summed E-state index contributed by atoms with van der Waals surface area (Å²) >= 11 is 0. The van der Waals surface area contributed by atoms with Gasteiger partial charge in [-0.2, -0.15) is 0 Å². The molecule has 0 radical (unpaired) electrons. The molecular weight excluding hydrogens is 319 g/mol. The van der Waals surface area contributed by atoms with Gasteiger partial charge in [-0.15, -0.1) is 6.58 Å². The summed E-state index contributed by atoms with van der Waals surface area (Å²) in [7, 11) is -4.15. The van der Waals surface area contributed by atoms with Crippen LogP contribution in [0.4, 0.5) is 0 Å². The summed E-state index contributed by atoms with van der Waals surface area (Å²) in [6.07, 6.45) is 20.5. The van der Waals surface area contributed by atoms with Gasteiger partial charge < -0.3 is 4.55 Å². The zero-order valence-electron chi connectivity index (χ0n) is 15.4. The Morgan fingerprint density at radius 2 is 1.09 bits per heavy atom. The molecule has 0 saturated heterocycles. The summed E-state index contributed by atoms with van der Waals surface area (Å²) in [4.78, 5) is 0. The van der Waals surface area contributed by atoms with E-state index in [0.717, 1.165) is 0 Å². The molecule has 0 fully saturated rings. The SMILES string of the molecule is C=CCCCCCCCCCCCCCC.C=CS(=O)(=O)[O-].[Na+]. The number of allylic oxidation sites excluding steroid dienone is 1. The molecule has 0 amide bonds. The van der Waals surface area contributed by atoms with Crippen molar-refractivity contribution in [2.24, 2.45) is 0 Å². The van der Waals surface area contributed by atoms with E-state index in [1.165, 1.54) is 83.5 Å². The van der Waals surface area contributed by atoms with Gasteiger partial charge in [-0.3, -0.25) is 0 Å². The normalized spacial score (nSPS) is 10.2. The number of hydrogen-bond acceptors (Lipinski definition) is 3. The second kappa shape index (κ2) is 22.4. The number of hydrogen-bond donors (Lipinski definition) is 0. The van der Waals surface area contributed by atoms with Crippen LogP contribution in [0.3, 0.4) is 0 Å². The van der Waals surface area contributed by atoms with Gasteiger partial charge in [0.2, 0.25) is 0 Å². The zero-order valence-corrected chi connectivity index (χ0v) is 18.2. The third-order valence-corrected chi connectivity index (χ3v) is 3.87. The smallest absolute Gasteiger partial charge is 0.745 e. The van der Waals surface area contributed by atoms with Gasteiger partial charge in [0, 0.05) is 5.41 Å². The van der Waals surface area contributed by atoms with E-state index in [-0.39, 0.29) is 29.6 Å². The van der Waals surface area contributed by atoms with Crippen LogP contribution in [0.2, 0.25) is 0 Å². The van der Waals surface area contributed by atoms with Crippen LogP contribution >= 0.6 is 0 Å². The minimum absolute atomic E-state index is 0. The second-order valence-corrected chi connectivity index (χ2v) is 6.94. The van der Waals surface area contributed by atoms with Crippen LogP contribution in [0.5, 0.6) is 0 Å². The summed E-state index contributed by atoms with van der Waals surface area (Å²) in [5, 5.41) is 0.354. The van der Waals surface area contributed by atoms with Gasteiger partial charge in [0.1, 0.15) is 10.1 Å². The molecule has 0 bridgehead atoms. The summed E-state index contributed by atoms with van der Waals surface area (Å²) in [6.45, 7) is 8.77. The van der Waals surface area contributed by atoms with Gasteiger partial charge in [0.15, 0.2) is 0 Å². The molecule has 0 N–H and O–H groups in total. The molecule has 0 rings (SSSR count). The first kappa shape index (κ1) is 28.2. The molecule has 23 heavy (non-hydrogen) atoms. The molecule has 0 aliphatic carbocycles. The fraction of sp³-hybridized carbons (Fsp3) is 0.778. The van der Waals surface area contributed by atoms with Crippen molar-refractivity contribution in [3.05, 3.63) is 24.6 Å². The Labute approximate surface area is 167 Å². The molecule has 5 heteroatoms. The van der Waals surface area contributed by atoms with Crippen molar-refractivity contribution in [1.29, 1.82) is 0 Å². The second-order valence-electron chi connectivity index (χ2n) is 5.63. The molecular formula is C18H35NaO3S. The third kappa shape index (κ3) is 34.7. The maximum absolute atomic E-state index is 9.33. The minimum atomic E-state index is -4.15. The van der Waals surface area contributed by atoms with Crippen molar-refractivity contribution in [3.8, 4) is 0 Å². The first-order chi connectivity index (χ1) is 10.5. The van der Waals surface area contributed by atoms with Crippen LogP contribution in [0.15, 0.2) is 24.6 Å². The predicted octanol–water partition coefficient (Wildman–Crippen LogP) is 2.94. The average molecular weight is 355 g/mol. The molecule has 0 atom stereocenters. The van der Waals surface area contributed by atoms with Crippen molar-refractivity contribution in [3.63, 3.8) is 0 Å². The van der Waals surface area contributed by atoms with Crippen molar-refractivity contribution in [1.82, 2.24) is 0 Å². The molecule has 0 aromatic heterocycles. The van der Waals surface area contributed by atoms with Gasteiger partial charge in [-0.1, -0.05) is 90.2 Å². The molecule has 0 aliphatic rings. The fourth-order valence-corrected chi connectivity index (χ4v) is 2.13. The Morgan fingerprint density at radius 3 is 1.35 bits per heavy atom. The Hall–Kier alpha value is 0.390. The predicted molar refractivity (Wildman–Crippen MR) is 95.8 cm³/mol. The van der Waals surface area contributed by atoms with Crippen molar-refractivity contribution >= 4 is 10.1 Å². The fourth-order valence-electron chi connectivity index (χ4n) is 2.13. The summed E-state index contributed by atoms with van der Waals surface area (Å²) in [5.41, 5.74) is 0. The molecule has 0 heterocycles. The molecule has 0 aromatic carbocycles. The molecule has 0 aromatic rings. The Balaban J connectivity index is -0.000000487. The molecule has 0 saturated carbocycles. The van der Waals surface area contributed by atoms with E-state index in [0.29, 0.717) is 5.41 Å². The number of rotatable bonds is 14. The van der Waals surface area contributed by atoms with Gasteiger partial charge >= 0.3 is 29.6 Å². The quantitative estimate of drug-likeness (QED) is 0.209. The minimum Gasteiger partial charge on any atom is -0.745 e. The van der Waals surface area contributed by atoms with Gasteiger partial charge in [0.25, 0.3) is 0 Å². The van der Waals surface area contributed by atoms with Crippen LogP contribution < -0.4 is 29.6 Å². The van der Waals surface area contributed by atoms with Gasteiger partial charge in [-0.25, -0.2) is 8.42 Å². The van der Waals surface area contributed by atoms with E-state index in [1.807, 2.05) is 6.08 Å². The van der Waals surface area contributed by atoms with E-state index in [2.05, 4.69) is 20.1 Å². The Bertz CT molecular complexity index is 329. The van der Waals surface area contributed by atoms with E-state index >= 15 is 0 Å². The van der Waals surface area contributed by atoms with E-state index in [1.54, 1.807) is 0 Å². The standard InChI is InChI=1S/C16H32.C2H4O3S.Na/c1-3-5-7-9-11-13-15-16-14-12-10-8-6-4-2;1-2-6(3,4)5;/h3H,1,4-16H2,2H3;2H,1H2,(H,3,4,5);/q;;+1/p-1. The van der Waals surface area contributed by atoms with Crippen molar-refractivity contribution in [2.45, 2.75) is 90.4 Å². The average Bonchev–Trinajstić information content (AvgIpc) is 2.48. The van der Waals surface area contributed by atoms with Crippen molar-refractivity contribution < 1.29 is 42.5 Å². The first-order valence-corrected chi connectivity index (χ1v) is 10.1. The zero-order chi connectivity index (χ0) is 17.1. The van der Waals surface area contributed by atoms with Crippen molar-refractivity contribution in [2.75, 3.05) is 0 Å². The summed E-state index contributed by atoms with van der Waals surface area (Å²) in [5.74, 6) is 0. The van der Waals surface area contributed by atoms with Gasteiger partial charge in [0.05, 0.1) is 0 Å². The Kier molecular flexibility index (Phi) is 27.5. The van der Waals surface area contributed by atoms with Crippen LogP contribution in [-0.2, 0) is 10.1 Å². The van der Waals surface area contributed by atoms with Crippen LogP contribution in [0, 0.1) is 0 Å². The van der Waals surface area contributed by atoms with E-state index < -0.39 is 10.1 Å². The van der Waals surface area contributed by atoms with Gasteiger partial charge in [-0.05, 0) is 12.8 Å². The van der Waals surface area contributed by atoms with E-state index in [9.17, 15) is 13.0 Å². The first-order valence-electron chi connectivity index (χ1n) is 8.67.